The molecule has 12 nitrogen and oxygen atoms in total. The van der Waals surface area contributed by atoms with Gasteiger partial charge >= 0.3 is 17.9 Å². The molecule has 1 aliphatic rings. The molecule has 2 aromatic heterocycles. The molecule has 1 amide bonds. The van der Waals surface area contributed by atoms with E-state index in [9.17, 15) is 19.5 Å². The van der Waals surface area contributed by atoms with Crippen molar-refractivity contribution < 1.29 is 33.1 Å². The molecule has 42 heavy (non-hydrogen) atoms. The Labute approximate surface area is 238 Å². The van der Waals surface area contributed by atoms with Crippen LogP contribution in [-0.4, -0.2) is 33.3 Å². The molecule has 214 valence electrons. The summed E-state index contributed by atoms with van der Waals surface area (Å²) >= 11 is 0. The second kappa shape index (κ2) is 10.6. The number of fused-ring (bicyclic) bond motifs is 1. The molecule has 5 aromatic rings. The van der Waals surface area contributed by atoms with Crippen molar-refractivity contribution in [1.82, 2.24) is 20.3 Å². The minimum Gasteiger partial charge on any atom is -0.478 e. The van der Waals surface area contributed by atoms with Crippen LogP contribution in [0, 0.1) is 6.92 Å². The molecule has 3 N–H and O–H groups in total. The zero-order chi connectivity index (χ0) is 29.4. The topological polar surface area (TPSA) is 158 Å². The highest BCUT2D eigenvalue weighted by Crippen LogP contribution is 2.36. The first-order chi connectivity index (χ1) is 20.3. The van der Waals surface area contributed by atoms with Crippen molar-refractivity contribution in [2.24, 2.45) is 0 Å². The fourth-order valence-corrected chi connectivity index (χ4v) is 5.24. The van der Waals surface area contributed by atoms with Crippen LogP contribution in [0.2, 0.25) is 0 Å². The number of nitrogens with zero attached hydrogens (tertiary/aromatic N) is 2. The molecule has 1 atom stereocenters. The number of imidazole rings is 1. The van der Waals surface area contributed by atoms with Crippen LogP contribution >= 0.6 is 0 Å². The first kappa shape index (κ1) is 26.8. The van der Waals surface area contributed by atoms with Gasteiger partial charge in [-0.3, -0.25) is 9.88 Å². The van der Waals surface area contributed by atoms with E-state index in [-0.39, 0.29) is 17.7 Å². The van der Waals surface area contributed by atoms with E-state index in [1.54, 1.807) is 29.7 Å². The van der Waals surface area contributed by atoms with Gasteiger partial charge in [0, 0.05) is 5.56 Å². The highest BCUT2D eigenvalue weighted by atomic mass is 16.7. The number of hydrogen-bond donors (Lipinski definition) is 3. The molecule has 6 rings (SSSR count). The maximum Gasteiger partial charge on any atom is 0.519 e. The SMILES string of the molecule is CCOc1nc2cccc(C(=O)O)c2n1Cc1ccc(-c2ccccc2C2(Cc3oc(=O)oc3C)NOC(=O)N2)cc1. The third kappa shape index (κ3) is 4.77. The van der Waals surface area contributed by atoms with Crippen molar-refractivity contribution in [3.63, 3.8) is 0 Å². The van der Waals surface area contributed by atoms with Crippen LogP contribution in [0.15, 0.2) is 80.4 Å². The number of aryl methyl sites for hydroxylation is 1. The Bertz CT molecular complexity index is 1870. The third-order valence-electron chi connectivity index (χ3n) is 7.12. The van der Waals surface area contributed by atoms with Crippen LogP contribution in [-0.2, 0) is 23.5 Å². The molecule has 1 aliphatic heterocycles. The van der Waals surface area contributed by atoms with E-state index in [0.717, 1.165) is 16.7 Å². The van der Waals surface area contributed by atoms with E-state index >= 15 is 0 Å². The third-order valence-corrected chi connectivity index (χ3v) is 7.12. The molecular weight excluding hydrogens is 544 g/mol. The van der Waals surface area contributed by atoms with Gasteiger partial charge in [0.25, 0.3) is 6.01 Å². The Morgan fingerprint density at radius 3 is 2.50 bits per heavy atom. The Hall–Kier alpha value is -5.36. The van der Waals surface area contributed by atoms with Gasteiger partial charge in [-0.15, -0.1) is 5.48 Å². The Morgan fingerprint density at radius 1 is 1.05 bits per heavy atom. The fraction of sp³-hybridized carbons (Fsp3) is 0.200. The van der Waals surface area contributed by atoms with Crippen LogP contribution in [0.5, 0.6) is 6.01 Å². The Kier molecular flexibility index (Phi) is 6.75. The summed E-state index contributed by atoms with van der Waals surface area (Å²) in [4.78, 5) is 45.5. The lowest BCUT2D eigenvalue weighted by Gasteiger charge is -2.28. The number of carbonyl (C=O) groups excluding carboxylic acids is 1. The second-order valence-corrected chi connectivity index (χ2v) is 9.77. The maximum atomic E-state index is 12.2. The lowest BCUT2D eigenvalue weighted by molar-refractivity contribution is 0.0698. The summed E-state index contributed by atoms with van der Waals surface area (Å²) < 4.78 is 17.8. The molecule has 12 heteroatoms. The number of nitrogens with one attached hydrogen (secondary N) is 2. The minimum absolute atomic E-state index is 0.0469. The Balaban J connectivity index is 1.37. The predicted octanol–water partition coefficient (Wildman–Crippen LogP) is 4.34. The lowest BCUT2D eigenvalue weighted by Crippen LogP contribution is -2.48. The molecule has 0 saturated carbocycles. The summed E-state index contributed by atoms with van der Waals surface area (Å²) in [7, 11) is 0. The highest BCUT2D eigenvalue weighted by molar-refractivity contribution is 6.01. The van der Waals surface area contributed by atoms with E-state index < -0.39 is 23.5 Å². The number of para-hydroxylation sites is 1. The normalized spacial score (nSPS) is 16.4. The number of carboxylic acid groups (broad SMARTS) is 1. The molecule has 1 fully saturated rings. The van der Waals surface area contributed by atoms with Gasteiger partial charge in [0.05, 0.1) is 36.2 Å². The van der Waals surface area contributed by atoms with Crippen LogP contribution in [0.3, 0.4) is 0 Å². The molecule has 1 saturated heterocycles. The fourth-order valence-electron chi connectivity index (χ4n) is 5.24. The number of aromatic carboxylic acids is 1. The number of hydroxylamine groups is 1. The van der Waals surface area contributed by atoms with Crippen molar-refractivity contribution in [3.8, 4) is 17.1 Å². The highest BCUT2D eigenvalue weighted by Gasteiger charge is 2.44. The van der Waals surface area contributed by atoms with Crippen LogP contribution < -0.4 is 21.4 Å². The number of amides is 1. The van der Waals surface area contributed by atoms with E-state index in [1.807, 2.05) is 55.5 Å². The van der Waals surface area contributed by atoms with Gasteiger partial charge in [0.1, 0.15) is 5.76 Å². The van der Waals surface area contributed by atoms with Crippen LogP contribution in [0.4, 0.5) is 4.79 Å². The quantitative estimate of drug-likeness (QED) is 0.233. The van der Waals surface area contributed by atoms with Crippen LogP contribution in [0.1, 0.15) is 39.9 Å². The van der Waals surface area contributed by atoms with Gasteiger partial charge in [-0.05, 0) is 42.7 Å². The second-order valence-electron chi connectivity index (χ2n) is 9.77. The number of benzene rings is 3. The summed E-state index contributed by atoms with van der Waals surface area (Å²) in [6.07, 6.45) is -0.632. The summed E-state index contributed by atoms with van der Waals surface area (Å²) in [5, 5.41) is 12.6. The first-order valence-electron chi connectivity index (χ1n) is 13.2. The van der Waals surface area contributed by atoms with Crippen molar-refractivity contribution in [2.45, 2.75) is 32.5 Å². The van der Waals surface area contributed by atoms with Gasteiger partial charge in [-0.25, -0.2) is 14.4 Å². The van der Waals surface area contributed by atoms with Gasteiger partial charge in [-0.1, -0.05) is 54.6 Å². The van der Waals surface area contributed by atoms with Gasteiger partial charge in [0.15, 0.2) is 11.4 Å². The zero-order valence-electron chi connectivity index (χ0n) is 22.7. The number of carboxylic acids is 1. The zero-order valence-corrected chi connectivity index (χ0v) is 22.7. The van der Waals surface area contributed by atoms with Crippen molar-refractivity contribution in [1.29, 1.82) is 0 Å². The summed E-state index contributed by atoms with van der Waals surface area (Å²) in [5.41, 5.74) is 5.89. The minimum atomic E-state index is -1.24. The van der Waals surface area contributed by atoms with Gasteiger partial charge in [0.2, 0.25) is 0 Å². The monoisotopic (exact) mass is 570 g/mol. The Morgan fingerprint density at radius 2 is 1.83 bits per heavy atom. The first-order valence-corrected chi connectivity index (χ1v) is 13.2. The lowest BCUT2D eigenvalue weighted by atomic mass is 9.87. The average molecular weight is 571 g/mol. The number of rotatable bonds is 9. The standard InChI is InChI=1S/C30H26N4O8/c1-3-39-27-31-23-10-6-8-21(26(35)36)25(23)34(27)16-18-11-13-19(14-12-18)20-7-4-5-9-22(20)30(32-28(37)42-33-30)15-24-17(2)40-29(38)41-24/h4-14,33H,3,15-16H2,1-2H3,(H,32,37)(H,35,36). The van der Waals surface area contributed by atoms with Gasteiger partial charge < -0.3 is 23.5 Å². The van der Waals surface area contributed by atoms with E-state index in [0.29, 0.717) is 41.5 Å². The van der Waals surface area contributed by atoms with E-state index in [4.69, 9.17) is 18.4 Å². The number of aromatic nitrogens is 2. The molecule has 0 radical (unpaired) electrons. The summed E-state index contributed by atoms with van der Waals surface area (Å²) in [6.45, 7) is 4.15. The number of hydrogen-bond acceptors (Lipinski definition) is 9. The summed E-state index contributed by atoms with van der Waals surface area (Å²) in [5.74, 6) is -1.32. The average Bonchev–Trinajstić information content (AvgIpc) is 3.63. The molecule has 0 spiro atoms. The maximum absolute atomic E-state index is 12.2. The molecule has 1 unspecified atom stereocenters. The van der Waals surface area contributed by atoms with Crippen molar-refractivity contribution in [3.05, 3.63) is 106 Å². The van der Waals surface area contributed by atoms with Crippen LogP contribution in [0.25, 0.3) is 22.2 Å². The number of ether oxygens (including phenoxy) is 1. The van der Waals surface area contributed by atoms with Crippen molar-refractivity contribution >= 4 is 23.1 Å². The smallest absolute Gasteiger partial charge is 0.478 e. The molecule has 3 aromatic carbocycles. The molecular formula is C30H26N4O8. The molecule has 0 bridgehead atoms. The number of carbonyl (C=O) groups is 2. The predicted molar refractivity (Wildman–Crippen MR) is 149 cm³/mol. The van der Waals surface area contributed by atoms with Crippen molar-refractivity contribution in [2.75, 3.05) is 6.61 Å². The largest absolute Gasteiger partial charge is 0.519 e. The molecule has 3 heterocycles. The van der Waals surface area contributed by atoms with E-state index in [1.165, 1.54) is 0 Å². The van der Waals surface area contributed by atoms with Gasteiger partial charge in [-0.2, -0.15) is 4.98 Å². The van der Waals surface area contributed by atoms with E-state index in [2.05, 4.69) is 15.8 Å². The summed E-state index contributed by atoms with van der Waals surface area (Å²) in [6, 6.07) is 20.5. The molecule has 0 aliphatic carbocycles.